The topological polar surface area (TPSA) is 36.9 Å². The van der Waals surface area contributed by atoms with Crippen molar-refractivity contribution in [3.05, 3.63) is 24.2 Å². The molecule has 0 radical (unpaired) electrons. The van der Waals surface area contributed by atoms with Gasteiger partial charge in [0.15, 0.2) is 0 Å². The lowest BCUT2D eigenvalue weighted by Gasteiger charge is -2.30. The molecule has 0 aromatic rings. The van der Waals surface area contributed by atoms with Gasteiger partial charge in [-0.1, -0.05) is 6.58 Å². The quantitative estimate of drug-likeness (QED) is 0.554. The molecule has 0 aromatic carbocycles. The molecule has 0 saturated carbocycles. The summed E-state index contributed by atoms with van der Waals surface area (Å²) in [5.74, 6) is 1.05. The molecule has 15 heavy (non-hydrogen) atoms. The SMILES string of the molecule is C=C(/C=C(\NC)N1CCOCC1)N=CC. The number of hydrogen-bond donors (Lipinski definition) is 1. The summed E-state index contributed by atoms with van der Waals surface area (Å²) in [5, 5.41) is 3.16. The first-order valence-electron chi connectivity index (χ1n) is 5.17. The van der Waals surface area contributed by atoms with Crippen LogP contribution in [0.1, 0.15) is 6.92 Å². The molecule has 1 aliphatic rings. The fourth-order valence-electron chi connectivity index (χ4n) is 1.49. The second-order valence-corrected chi connectivity index (χ2v) is 3.26. The molecule has 1 rings (SSSR count). The van der Waals surface area contributed by atoms with Crippen LogP contribution in [0.4, 0.5) is 0 Å². The molecule has 0 atom stereocenters. The first-order valence-corrected chi connectivity index (χ1v) is 5.17. The van der Waals surface area contributed by atoms with E-state index in [0.717, 1.165) is 37.8 Å². The molecule has 1 saturated heterocycles. The molecule has 1 aliphatic heterocycles. The minimum atomic E-state index is 0.758. The highest BCUT2D eigenvalue weighted by Crippen LogP contribution is 2.07. The summed E-state index contributed by atoms with van der Waals surface area (Å²) < 4.78 is 5.30. The zero-order chi connectivity index (χ0) is 11.1. The van der Waals surface area contributed by atoms with E-state index in [-0.39, 0.29) is 0 Å². The highest BCUT2D eigenvalue weighted by Gasteiger charge is 2.12. The number of aliphatic imine (C=N–C) groups is 1. The predicted molar refractivity (Wildman–Crippen MR) is 62.8 cm³/mol. The third kappa shape index (κ3) is 3.75. The number of nitrogens with one attached hydrogen (secondary N) is 1. The third-order valence-electron chi connectivity index (χ3n) is 2.21. The smallest absolute Gasteiger partial charge is 0.103 e. The Morgan fingerprint density at radius 2 is 2.13 bits per heavy atom. The van der Waals surface area contributed by atoms with Gasteiger partial charge in [-0.15, -0.1) is 0 Å². The van der Waals surface area contributed by atoms with Crippen molar-refractivity contribution < 1.29 is 4.74 Å². The van der Waals surface area contributed by atoms with Crippen LogP contribution in [0.15, 0.2) is 29.2 Å². The lowest BCUT2D eigenvalue weighted by atomic mass is 10.3. The molecule has 84 valence electrons. The lowest BCUT2D eigenvalue weighted by molar-refractivity contribution is 0.0509. The van der Waals surface area contributed by atoms with Crippen LogP contribution in [0.5, 0.6) is 0 Å². The number of rotatable bonds is 4. The van der Waals surface area contributed by atoms with Gasteiger partial charge in [-0.05, 0) is 6.92 Å². The summed E-state index contributed by atoms with van der Waals surface area (Å²) >= 11 is 0. The van der Waals surface area contributed by atoms with Crippen molar-refractivity contribution >= 4 is 6.21 Å². The zero-order valence-corrected chi connectivity index (χ0v) is 9.49. The Morgan fingerprint density at radius 1 is 1.47 bits per heavy atom. The molecule has 1 N–H and O–H groups in total. The minimum Gasteiger partial charge on any atom is -0.378 e. The van der Waals surface area contributed by atoms with Crippen LogP contribution in [0.2, 0.25) is 0 Å². The van der Waals surface area contributed by atoms with Gasteiger partial charge in [0.25, 0.3) is 0 Å². The first kappa shape index (κ1) is 11.8. The average Bonchev–Trinajstić information content (AvgIpc) is 2.27. The summed E-state index contributed by atoms with van der Waals surface area (Å²) in [6.07, 6.45) is 3.69. The van der Waals surface area contributed by atoms with Crippen molar-refractivity contribution in [1.29, 1.82) is 0 Å². The van der Waals surface area contributed by atoms with E-state index in [9.17, 15) is 0 Å². The number of morpholine rings is 1. The average molecular weight is 209 g/mol. The normalized spacial score (nSPS) is 18.3. The maximum atomic E-state index is 5.30. The molecular formula is C11H19N3O. The van der Waals surface area contributed by atoms with Gasteiger partial charge >= 0.3 is 0 Å². The van der Waals surface area contributed by atoms with Gasteiger partial charge in [0.1, 0.15) is 5.82 Å². The highest BCUT2D eigenvalue weighted by molar-refractivity contribution is 5.56. The molecule has 0 aromatic heterocycles. The number of nitrogens with zero attached hydrogens (tertiary/aromatic N) is 2. The summed E-state index contributed by atoms with van der Waals surface area (Å²) in [4.78, 5) is 6.35. The first-order chi connectivity index (χ1) is 7.27. The van der Waals surface area contributed by atoms with Crippen molar-refractivity contribution in [1.82, 2.24) is 10.2 Å². The lowest BCUT2D eigenvalue weighted by Crippen LogP contribution is -2.39. The molecule has 0 spiro atoms. The molecule has 1 fully saturated rings. The standard InChI is InChI=1S/C11H19N3O/c1-4-13-10(2)9-11(12-3)14-5-7-15-8-6-14/h4,9,12H,2,5-8H2,1,3H3/b11-9+,13-4?. The Labute approximate surface area is 91.3 Å². The van der Waals surface area contributed by atoms with E-state index in [1.807, 2.05) is 20.0 Å². The summed E-state index contributed by atoms with van der Waals surface area (Å²) in [7, 11) is 1.91. The van der Waals surface area contributed by atoms with E-state index in [2.05, 4.69) is 21.8 Å². The third-order valence-corrected chi connectivity index (χ3v) is 2.21. The van der Waals surface area contributed by atoms with Gasteiger partial charge in [-0.3, -0.25) is 4.99 Å². The van der Waals surface area contributed by atoms with Crippen LogP contribution < -0.4 is 5.32 Å². The van der Waals surface area contributed by atoms with Gasteiger partial charge in [0.2, 0.25) is 0 Å². The van der Waals surface area contributed by atoms with Gasteiger partial charge in [-0.25, -0.2) is 0 Å². The second-order valence-electron chi connectivity index (χ2n) is 3.26. The molecular weight excluding hydrogens is 190 g/mol. The van der Waals surface area contributed by atoms with Crippen molar-refractivity contribution in [2.45, 2.75) is 6.92 Å². The van der Waals surface area contributed by atoms with E-state index in [1.54, 1.807) is 6.21 Å². The number of allylic oxidation sites excluding steroid dienone is 1. The largest absolute Gasteiger partial charge is 0.378 e. The number of ether oxygens (including phenoxy) is 1. The summed E-state index contributed by atoms with van der Waals surface area (Å²) in [6.45, 7) is 9.12. The Kier molecular flexibility index (Phi) is 4.90. The van der Waals surface area contributed by atoms with Gasteiger partial charge in [-0.2, -0.15) is 0 Å². The summed E-state index contributed by atoms with van der Waals surface area (Å²) in [6, 6.07) is 0. The van der Waals surface area contributed by atoms with E-state index in [0.29, 0.717) is 0 Å². The zero-order valence-electron chi connectivity index (χ0n) is 9.49. The Morgan fingerprint density at radius 3 is 2.67 bits per heavy atom. The Balaban J connectivity index is 2.64. The van der Waals surface area contributed by atoms with E-state index < -0.39 is 0 Å². The molecule has 1 heterocycles. The molecule has 4 nitrogen and oxygen atoms in total. The van der Waals surface area contributed by atoms with Crippen LogP contribution >= 0.6 is 0 Å². The van der Waals surface area contributed by atoms with Crippen molar-refractivity contribution in [3.63, 3.8) is 0 Å². The molecule has 0 bridgehead atoms. The predicted octanol–water partition coefficient (Wildman–Crippen LogP) is 0.984. The Hall–Kier alpha value is -1.29. The van der Waals surface area contributed by atoms with E-state index >= 15 is 0 Å². The highest BCUT2D eigenvalue weighted by atomic mass is 16.5. The van der Waals surface area contributed by atoms with Crippen molar-refractivity contribution in [2.24, 2.45) is 4.99 Å². The molecule has 0 amide bonds. The fraction of sp³-hybridized carbons (Fsp3) is 0.545. The van der Waals surface area contributed by atoms with Crippen molar-refractivity contribution in [2.75, 3.05) is 33.4 Å². The molecule has 4 heteroatoms. The minimum absolute atomic E-state index is 0.758. The summed E-state index contributed by atoms with van der Waals surface area (Å²) in [5.41, 5.74) is 0.758. The van der Waals surface area contributed by atoms with Crippen LogP contribution in [-0.4, -0.2) is 44.5 Å². The van der Waals surface area contributed by atoms with E-state index in [4.69, 9.17) is 4.74 Å². The van der Waals surface area contributed by atoms with Crippen LogP contribution in [0.3, 0.4) is 0 Å². The Bertz CT molecular complexity index is 265. The van der Waals surface area contributed by atoms with Gasteiger partial charge in [0, 0.05) is 32.4 Å². The van der Waals surface area contributed by atoms with Crippen LogP contribution in [0, 0.1) is 0 Å². The fourth-order valence-corrected chi connectivity index (χ4v) is 1.49. The molecule has 0 unspecified atom stereocenters. The maximum absolute atomic E-state index is 5.30. The van der Waals surface area contributed by atoms with Gasteiger partial charge < -0.3 is 15.0 Å². The maximum Gasteiger partial charge on any atom is 0.103 e. The monoisotopic (exact) mass is 209 g/mol. The second kappa shape index (κ2) is 6.24. The van der Waals surface area contributed by atoms with E-state index in [1.165, 1.54) is 0 Å². The molecule has 0 aliphatic carbocycles. The van der Waals surface area contributed by atoms with Gasteiger partial charge in [0.05, 0.1) is 18.9 Å². The number of hydrogen-bond acceptors (Lipinski definition) is 4. The van der Waals surface area contributed by atoms with Crippen LogP contribution in [-0.2, 0) is 4.74 Å². The van der Waals surface area contributed by atoms with Crippen molar-refractivity contribution in [3.8, 4) is 0 Å². The van der Waals surface area contributed by atoms with Crippen LogP contribution in [0.25, 0.3) is 0 Å².